The van der Waals surface area contributed by atoms with Crippen LogP contribution in [0.5, 0.6) is 0 Å². The lowest BCUT2D eigenvalue weighted by molar-refractivity contribution is -0.181. The monoisotopic (exact) mass is 374 g/mol. The van der Waals surface area contributed by atoms with Crippen molar-refractivity contribution in [3.8, 4) is 0 Å². The molecule has 0 saturated carbocycles. The lowest BCUT2D eigenvalue weighted by Gasteiger charge is -2.39. The van der Waals surface area contributed by atoms with Crippen LogP contribution in [-0.4, -0.2) is 67.7 Å². The van der Waals surface area contributed by atoms with Crippen LogP contribution in [0, 0.1) is 5.82 Å². The van der Waals surface area contributed by atoms with Gasteiger partial charge >= 0.3 is 6.18 Å². The summed E-state index contributed by atoms with van der Waals surface area (Å²) < 4.78 is 51.6. The molecule has 1 aliphatic heterocycles. The van der Waals surface area contributed by atoms with Crippen LogP contribution in [0.4, 0.5) is 17.6 Å². The summed E-state index contributed by atoms with van der Waals surface area (Å²) in [6.07, 6.45) is -2.63. The third-order valence-electron chi connectivity index (χ3n) is 4.66. The molecule has 26 heavy (non-hydrogen) atoms. The zero-order chi connectivity index (χ0) is 19.2. The van der Waals surface area contributed by atoms with Gasteiger partial charge in [-0.15, -0.1) is 0 Å². The average molecular weight is 374 g/mol. The van der Waals surface area contributed by atoms with Gasteiger partial charge in [-0.25, -0.2) is 4.39 Å². The Morgan fingerprint density at radius 2 is 1.92 bits per heavy atom. The summed E-state index contributed by atoms with van der Waals surface area (Å²) in [5.74, 6) is 0.459. The Kier molecular flexibility index (Phi) is 7.25. The number of nitrogens with zero attached hydrogens (tertiary/aromatic N) is 3. The van der Waals surface area contributed by atoms with E-state index < -0.39 is 12.2 Å². The van der Waals surface area contributed by atoms with Gasteiger partial charge in [-0.1, -0.05) is 12.1 Å². The fraction of sp³-hybridized carbons (Fsp3) is 0.611. The van der Waals surface area contributed by atoms with E-state index in [0.29, 0.717) is 38.7 Å². The van der Waals surface area contributed by atoms with E-state index in [4.69, 9.17) is 0 Å². The van der Waals surface area contributed by atoms with Gasteiger partial charge in [0, 0.05) is 39.8 Å². The maximum Gasteiger partial charge on any atom is 0.403 e. The molecule has 1 saturated heterocycles. The molecule has 0 spiro atoms. The summed E-state index contributed by atoms with van der Waals surface area (Å²) in [6.45, 7) is 3.58. The minimum atomic E-state index is -4.20. The third-order valence-corrected chi connectivity index (χ3v) is 4.66. The number of aryl methyl sites for hydroxylation is 1. The van der Waals surface area contributed by atoms with Crippen LogP contribution < -0.4 is 5.32 Å². The number of hydrogen-bond donors (Lipinski definition) is 1. The Balaban J connectivity index is 1.74. The second-order valence-electron chi connectivity index (χ2n) is 6.45. The average Bonchev–Trinajstić information content (AvgIpc) is 2.61. The van der Waals surface area contributed by atoms with E-state index in [1.807, 2.05) is 11.0 Å². The van der Waals surface area contributed by atoms with Crippen molar-refractivity contribution in [2.45, 2.75) is 32.0 Å². The predicted octanol–water partition coefficient (Wildman–Crippen LogP) is 2.90. The predicted molar refractivity (Wildman–Crippen MR) is 94.7 cm³/mol. The summed E-state index contributed by atoms with van der Waals surface area (Å²) >= 11 is 0. The molecule has 0 radical (unpaired) electrons. The lowest BCUT2D eigenvalue weighted by Crippen LogP contribution is -2.56. The first-order valence-electron chi connectivity index (χ1n) is 8.82. The molecule has 1 aliphatic rings. The summed E-state index contributed by atoms with van der Waals surface area (Å²) in [5.41, 5.74) is 0.941. The van der Waals surface area contributed by atoms with Crippen LogP contribution in [0.25, 0.3) is 0 Å². The first-order chi connectivity index (χ1) is 12.3. The molecule has 0 amide bonds. The van der Waals surface area contributed by atoms with Crippen molar-refractivity contribution >= 4 is 5.96 Å². The molecule has 2 rings (SSSR count). The molecular formula is C18H26F4N4. The summed E-state index contributed by atoms with van der Waals surface area (Å²) in [6, 6.07) is 5.10. The minimum Gasteiger partial charge on any atom is -0.356 e. The van der Waals surface area contributed by atoms with Gasteiger partial charge in [0.1, 0.15) is 11.9 Å². The minimum absolute atomic E-state index is 0.239. The normalized spacial score (nSPS) is 18.1. The maximum atomic E-state index is 13.1. The smallest absolute Gasteiger partial charge is 0.356 e. The van der Waals surface area contributed by atoms with Gasteiger partial charge in [-0.3, -0.25) is 9.89 Å². The van der Waals surface area contributed by atoms with E-state index in [-0.39, 0.29) is 5.82 Å². The standard InChI is InChI=1S/C18H26F4N4/c1-14(18(20,21)22)25-9-11-26(12-10-25)17(23-2)24-8-4-6-15-5-3-7-16(19)13-15/h3,5,7,13-14H,4,6,8-12H2,1-2H3,(H,23,24). The number of halogens is 4. The quantitative estimate of drug-likeness (QED) is 0.372. The zero-order valence-electron chi connectivity index (χ0n) is 15.2. The third kappa shape index (κ3) is 5.86. The summed E-state index contributed by atoms with van der Waals surface area (Å²) in [7, 11) is 1.67. The molecule has 1 unspecified atom stereocenters. The molecule has 0 aliphatic carbocycles. The van der Waals surface area contributed by atoms with Crippen molar-refractivity contribution in [1.82, 2.24) is 15.1 Å². The second kappa shape index (κ2) is 9.21. The van der Waals surface area contributed by atoms with Crippen LogP contribution in [0.15, 0.2) is 29.3 Å². The topological polar surface area (TPSA) is 30.9 Å². The Morgan fingerprint density at radius 1 is 1.23 bits per heavy atom. The highest BCUT2D eigenvalue weighted by Crippen LogP contribution is 2.25. The molecule has 1 fully saturated rings. The van der Waals surface area contributed by atoms with Crippen LogP contribution in [0.2, 0.25) is 0 Å². The molecule has 1 aromatic rings. The molecule has 1 heterocycles. The molecule has 0 bridgehead atoms. The van der Waals surface area contributed by atoms with E-state index in [0.717, 1.165) is 18.4 Å². The number of nitrogens with one attached hydrogen (secondary N) is 1. The first kappa shape index (κ1) is 20.5. The highest BCUT2D eigenvalue weighted by atomic mass is 19.4. The number of hydrogen-bond acceptors (Lipinski definition) is 2. The van der Waals surface area contributed by atoms with Gasteiger partial charge in [0.05, 0.1) is 0 Å². The van der Waals surface area contributed by atoms with Crippen LogP contribution in [0.1, 0.15) is 18.9 Å². The van der Waals surface area contributed by atoms with E-state index in [1.54, 1.807) is 13.1 Å². The van der Waals surface area contributed by atoms with Gasteiger partial charge in [-0.05, 0) is 37.5 Å². The molecule has 4 nitrogen and oxygen atoms in total. The second-order valence-corrected chi connectivity index (χ2v) is 6.45. The molecule has 1 N–H and O–H groups in total. The molecular weight excluding hydrogens is 348 g/mol. The van der Waals surface area contributed by atoms with E-state index >= 15 is 0 Å². The fourth-order valence-corrected chi connectivity index (χ4v) is 3.05. The van der Waals surface area contributed by atoms with Crippen LogP contribution in [0.3, 0.4) is 0 Å². The van der Waals surface area contributed by atoms with Gasteiger partial charge in [-0.2, -0.15) is 13.2 Å². The van der Waals surface area contributed by atoms with Crippen molar-refractivity contribution in [2.24, 2.45) is 4.99 Å². The maximum absolute atomic E-state index is 13.1. The van der Waals surface area contributed by atoms with Crippen molar-refractivity contribution in [2.75, 3.05) is 39.8 Å². The largest absolute Gasteiger partial charge is 0.403 e. The number of alkyl halides is 3. The molecule has 1 aromatic carbocycles. The molecule has 8 heteroatoms. The molecule has 1 atom stereocenters. The van der Waals surface area contributed by atoms with Crippen molar-refractivity contribution in [3.63, 3.8) is 0 Å². The number of piperazine rings is 1. The number of rotatable bonds is 5. The van der Waals surface area contributed by atoms with E-state index in [9.17, 15) is 17.6 Å². The van der Waals surface area contributed by atoms with Gasteiger partial charge in [0.2, 0.25) is 0 Å². The first-order valence-corrected chi connectivity index (χ1v) is 8.82. The Hall–Kier alpha value is -1.83. The van der Waals surface area contributed by atoms with Crippen molar-refractivity contribution in [1.29, 1.82) is 0 Å². The van der Waals surface area contributed by atoms with Crippen LogP contribution >= 0.6 is 0 Å². The molecule has 0 aromatic heterocycles. The van der Waals surface area contributed by atoms with E-state index in [1.165, 1.54) is 24.0 Å². The van der Waals surface area contributed by atoms with E-state index in [2.05, 4.69) is 10.3 Å². The number of guanidine groups is 1. The fourth-order valence-electron chi connectivity index (χ4n) is 3.05. The Labute approximate surface area is 151 Å². The van der Waals surface area contributed by atoms with Gasteiger partial charge in [0.25, 0.3) is 0 Å². The Morgan fingerprint density at radius 3 is 2.50 bits per heavy atom. The summed E-state index contributed by atoms with van der Waals surface area (Å²) in [5, 5.41) is 3.24. The van der Waals surface area contributed by atoms with Gasteiger partial charge < -0.3 is 10.2 Å². The summed E-state index contributed by atoms with van der Waals surface area (Å²) in [4.78, 5) is 7.65. The SMILES string of the molecule is CN=C(NCCCc1cccc(F)c1)N1CCN(C(C)C(F)(F)F)CC1. The highest BCUT2D eigenvalue weighted by molar-refractivity contribution is 5.79. The lowest BCUT2D eigenvalue weighted by atomic mass is 10.1. The van der Waals surface area contributed by atoms with Crippen molar-refractivity contribution < 1.29 is 17.6 Å². The highest BCUT2D eigenvalue weighted by Gasteiger charge is 2.41. The van der Waals surface area contributed by atoms with Crippen LogP contribution in [-0.2, 0) is 6.42 Å². The Bertz CT molecular complexity index is 595. The van der Waals surface area contributed by atoms with Gasteiger partial charge in [0.15, 0.2) is 5.96 Å². The number of benzene rings is 1. The number of aliphatic imine (C=N–C) groups is 1. The zero-order valence-corrected chi connectivity index (χ0v) is 15.2. The molecule has 146 valence electrons. The van der Waals surface area contributed by atoms with Crippen molar-refractivity contribution in [3.05, 3.63) is 35.6 Å².